The van der Waals surface area contributed by atoms with E-state index in [2.05, 4.69) is 20.3 Å². The molecular formula is C23H28N6O4. The number of ketones is 1. The highest BCUT2D eigenvalue weighted by Crippen LogP contribution is 2.31. The third-order valence-electron chi connectivity index (χ3n) is 5.94. The average molecular weight is 453 g/mol. The summed E-state index contributed by atoms with van der Waals surface area (Å²) in [5, 5.41) is 22.1. The van der Waals surface area contributed by atoms with Gasteiger partial charge >= 0.3 is 0 Å². The molecule has 174 valence electrons. The molecule has 1 aliphatic rings. The first-order valence-electron chi connectivity index (χ1n) is 11.1. The number of aromatic nitrogens is 4. The van der Waals surface area contributed by atoms with Crippen LogP contribution in [0.3, 0.4) is 0 Å². The molecular weight excluding hydrogens is 424 g/mol. The molecule has 3 aromatic heterocycles. The highest BCUT2D eigenvalue weighted by atomic mass is 16.3. The molecule has 10 heteroatoms. The van der Waals surface area contributed by atoms with Crippen LogP contribution in [0.2, 0.25) is 0 Å². The van der Waals surface area contributed by atoms with Crippen molar-refractivity contribution in [2.24, 2.45) is 0 Å². The average Bonchev–Trinajstić information content (AvgIpc) is 3.33. The third-order valence-corrected chi connectivity index (χ3v) is 5.94. The summed E-state index contributed by atoms with van der Waals surface area (Å²) in [6.45, 7) is 2.13. The zero-order valence-electron chi connectivity index (χ0n) is 18.6. The topological polar surface area (TPSA) is 133 Å². The van der Waals surface area contributed by atoms with E-state index in [1.807, 2.05) is 11.0 Å². The zero-order chi connectivity index (χ0) is 23.4. The predicted octanol–water partition coefficient (Wildman–Crippen LogP) is 2.04. The molecule has 1 aliphatic carbocycles. The molecule has 0 saturated heterocycles. The number of rotatable bonds is 9. The summed E-state index contributed by atoms with van der Waals surface area (Å²) >= 11 is 0. The van der Waals surface area contributed by atoms with E-state index in [-0.39, 0.29) is 36.2 Å². The lowest BCUT2D eigenvalue weighted by Gasteiger charge is -2.22. The van der Waals surface area contributed by atoms with Crippen molar-refractivity contribution in [3.8, 4) is 0 Å². The number of nitrogens with zero attached hydrogens (tertiary/aromatic N) is 5. The lowest BCUT2D eigenvalue weighted by molar-refractivity contribution is 0.101. The molecule has 0 bridgehead atoms. The Labute approximate surface area is 190 Å². The Hall–Kier alpha value is -3.37. The Morgan fingerprint density at radius 3 is 2.48 bits per heavy atom. The van der Waals surface area contributed by atoms with Crippen molar-refractivity contribution in [1.29, 1.82) is 0 Å². The van der Waals surface area contributed by atoms with Crippen molar-refractivity contribution < 1.29 is 15.0 Å². The molecule has 10 nitrogen and oxygen atoms in total. The van der Waals surface area contributed by atoms with Gasteiger partial charge in [0, 0.05) is 30.7 Å². The maximum Gasteiger partial charge on any atom is 0.263 e. The molecule has 1 fully saturated rings. The van der Waals surface area contributed by atoms with Crippen molar-refractivity contribution in [2.45, 2.75) is 38.6 Å². The lowest BCUT2D eigenvalue weighted by Crippen LogP contribution is -2.29. The van der Waals surface area contributed by atoms with Gasteiger partial charge in [-0.05, 0) is 38.0 Å². The van der Waals surface area contributed by atoms with Gasteiger partial charge in [-0.15, -0.1) is 0 Å². The summed E-state index contributed by atoms with van der Waals surface area (Å²) in [7, 11) is 0. The number of hydrogen-bond donors (Lipinski definition) is 3. The van der Waals surface area contributed by atoms with Gasteiger partial charge in [0.05, 0.1) is 30.7 Å². The Morgan fingerprint density at radius 2 is 1.88 bits per heavy atom. The van der Waals surface area contributed by atoms with Gasteiger partial charge in [0.15, 0.2) is 5.78 Å². The summed E-state index contributed by atoms with van der Waals surface area (Å²) in [5.41, 5.74) is 1.13. The Balaban J connectivity index is 1.66. The number of fused-ring (bicyclic) bond motifs is 1. The summed E-state index contributed by atoms with van der Waals surface area (Å²) in [5.74, 6) is 0.546. The van der Waals surface area contributed by atoms with Crippen molar-refractivity contribution in [1.82, 2.24) is 19.5 Å². The van der Waals surface area contributed by atoms with Crippen LogP contribution in [0.25, 0.3) is 11.0 Å². The minimum absolute atomic E-state index is 0.0171. The predicted molar refractivity (Wildman–Crippen MR) is 125 cm³/mol. The van der Waals surface area contributed by atoms with Crippen LogP contribution in [-0.2, 0) is 0 Å². The van der Waals surface area contributed by atoms with Gasteiger partial charge in [0.1, 0.15) is 11.5 Å². The lowest BCUT2D eigenvalue weighted by atomic mass is 10.1. The molecule has 33 heavy (non-hydrogen) atoms. The molecule has 0 spiro atoms. The zero-order valence-corrected chi connectivity index (χ0v) is 18.6. The molecule has 0 radical (unpaired) electrons. The number of Topliss-reactive ketones (excluding diaryl/α,β-unsaturated/α-hetero) is 1. The maximum atomic E-state index is 13.1. The fourth-order valence-electron chi connectivity index (χ4n) is 4.31. The number of aliphatic hydroxyl groups excluding tert-OH is 2. The molecule has 0 aromatic carbocycles. The molecule has 4 rings (SSSR count). The van der Waals surface area contributed by atoms with Crippen molar-refractivity contribution in [3.05, 3.63) is 46.5 Å². The largest absolute Gasteiger partial charge is 0.395 e. The fraction of sp³-hybridized carbons (Fsp3) is 0.435. The molecule has 1 saturated carbocycles. The summed E-state index contributed by atoms with van der Waals surface area (Å²) < 4.78 is 1.66. The van der Waals surface area contributed by atoms with E-state index >= 15 is 0 Å². The van der Waals surface area contributed by atoms with E-state index < -0.39 is 0 Å². The number of pyridine rings is 2. The van der Waals surface area contributed by atoms with Crippen LogP contribution >= 0.6 is 0 Å². The van der Waals surface area contributed by atoms with Crippen LogP contribution in [0.1, 0.15) is 49.0 Å². The van der Waals surface area contributed by atoms with Crippen molar-refractivity contribution in [3.63, 3.8) is 0 Å². The summed E-state index contributed by atoms with van der Waals surface area (Å²) in [4.78, 5) is 40.3. The fourth-order valence-corrected chi connectivity index (χ4v) is 4.31. The van der Waals surface area contributed by atoms with Crippen molar-refractivity contribution >= 4 is 34.3 Å². The normalized spacial score (nSPS) is 14.0. The van der Waals surface area contributed by atoms with Gasteiger partial charge in [-0.3, -0.25) is 14.2 Å². The first-order chi connectivity index (χ1) is 16.0. The quantitative estimate of drug-likeness (QED) is 0.417. The Kier molecular flexibility index (Phi) is 6.95. The van der Waals surface area contributed by atoms with Crippen LogP contribution in [0, 0.1) is 0 Å². The van der Waals surface area contributed by atoms with Crippen LogP contribution in [0.5, 0.6) is 0 Å². The second kappa shape index (κ2) is 10.1. The molecule has 3 N–H and O–H groups in total. The standard InChI is InChI=1S/C23H28N6O4/c1-15(32)19-12-16-13-25-23(27-21(16)29(22(19)33)17-4-2-3-5-17)26-20-7-6-18(14-24-20)28(8-10-30)9-11-31/h6-7,12-14,17,30-31H,2-5,8-11H2,1H3,(H,24,25,26,27). The molecule has 0 unspecified atom stereocenters. The maximum absolute atomic E-state index is 13.1. The molecule has 0 aliphatic heterocycles. The summed E-state index contributed by atoms with van der Waals surface area (Å²) in [6, 6.07) is 5.17. The van der Waals surface area contributed by atoms with Gasteiger partial charge in [0.25, 0.3) is 5.56 Å². The number of carbonyl (C=O) groups excluding carboxylic acids is 1. The van der Waals surface area contributed by atoms with Gasteiger partial charge in [-0.25, -0.2) is 9.97 Å². The first kappa shape index (κ1) is 22.8. The minimum Gasteiger partial charge on any atom is -0.395 e. The van der Waals surface area contributed by atoms with E-state index in [4.69, 9.17) is 0 Å². The number of hydrogen-bond acceptors (Lipinski definition) is 9. The van der Waals surface area contributed by atoms with Crippen LogP contribution in [0.4, 0.5) is 17.5 Å². The minimum atomic E-state index is -0.304. The second-order valence-corrected chi connectivity index (χ2v) is 8.16. The van der Waals surface area contributed by atoms with Crippen molar-refractivity contribution in [2.75, 3.05) is 36.5 Å². The number of carbonyl (C=O) groups is 1. The van der Waals surface area contributed by atoms with Gasteiger partial charge in [-0.1, -0.05) is 12.8 Å². The van der Waals surface area contributed by atoms with E-state index in [9.17, 15) is 19.8 Å². The number of nitrogens with one attached hydrogen (secondary N) is 1. The van der Waals surface area contributed by atoms with Gasteiger partial charge in [-0.2, -0.15) is 4.98 Å². The van der Waals surface area contributed by atoms with Crippen LogP contribution < -0.4 is 15.8 Å². The summed E-state index contributed by atoms with van der Waals surface area (Å²) in [6.07, 6.45) is 7.09. The van der Waals surface area contributed by atoms with E-state index in [1.165, 1.54) is 6.92 Å². The Morgan fingerprint density at radius 1 is 1.15 bits per heavy atom. The van der Waals surface area contributed by atoms with Gasteiger partial charge in [0.2, 0.25) is 5.95 Å². The SMILES string of the molecule is CC(=O)c1cc2cnc(Nc3ccc(N(CCO)CCO)cn3)nc2n(C2CCCC2)c1=O. The van der Waals surface area contributed by atoms with Gasteiger partial charge < -0.3 is 20.4 Å². The van der Waals surface area contributed by atoms with E-state index in [0.717, 1.165) is 31.4 Å². The van der Waals surface area contributed by atoms with E-state index in [1.54, 1.807) is 29.1 Å². The monoisotopic (exact) mass is 452 g/mol. The smallest absolute Gasteiger partial charge is 0.263 e. The highest BCUT2D eigenvalue weighted by Gasteiger charge is 2.23. The molecule has 3 aromatic rings. The highest BCUT2D eigenvalue weighted by molar-refractivity contribution is 5.96. The molecule has 3 heterocycles. The molecule has 0 atom stereocenters. The number of aliphatic hydroxyl groups is 2. The van der Waals surface area contributed by atoms with Crippen LogP contribution in [0.15, 0.2) is 35.4 Å². The first-order valence-corrected chi connectivity index (χ1v) is 11.1. The molecule has 0 amide bonds. The third kappa shape index (κ3) is 4.86. The second-order valence-electron chi connectivity index (χ2n) is 8.16. The van der Waals surface area contributed by atoms with Crippen LogP contribution in [-0.4, -0.2) is 61.8 Å². The van der Waals surface area contributed by atoms with E-state index in [0.29, 0.717) is 35.9 Å². The Bertz CT molecular complexity index is 1180. The number of anilines is 3.